The number of nitrogens with zero attached hydrogens (tertiary/aromatic N) is 2. The Kier molecular flexibility index (Phi) is 4.56. The second-order valence-corrected chi connectivity index (χ2v) is 5.95. The van der Waals surface area contributed by atoms with E-state index in [1.165, 1.54) is 12.8 Å². The normalized spacial score (nSPS) is 22.4. The van der Waals surface area contributed by atoms with E-state index in [9.17, 15) is 0 Å². The van der Waals surface area contributed by atoms with Gasteiger partial charge in [-0.1, -0.05) is 35.8 Å². The first-order valence-electron chi connectivity index (χ1n) is 7.59. The van der Waals surface area contributed by atoms with Crippen molar-refractivity contribution < 1.29 is 4.52 Å². The predicted molar refractivity (Wildman–Crippen MR) is 83.4 cm³/mol. The van der Waals surface area contributed by atoms with Crippen molar-refractivity contribution in [1.82, 2.24) is 15.5 Å². The van der Waals surface area contributed by atoms with E-state index >= 15 is 0 Å². The minimum atomic E-state index is 0.378. The van der Waals surface area contributed by atoms with E-state index in [0.29, 0.717) is 22.8 Å². The van der Waals surface area contributed by atoms with Gasteiger partial charge in [-0.25, -0.2) is 0 Å². The Balaban J connectivity index is 1.70. The third-order valence-corrected chi connectivity index (χ3v) is 4.46. The first-order chi connectivity index (χ1) is 10.3. The second-order valence-electron chi connectivity index (χ2n) is 5.54. The molecule has 1 aromatic carbocycles. The second kappa shape index (κ2) is 6.58. The van der Waals surface area contributed by atoms with Gasteiger partial charge in [-0.2, -0.15) is 4.98 Å². The van der Waals surface area contributed by atoms with Crippen LogP contribution in [0.5, 0.6) is 0 Å². The molecule has 0 atom stereocenters. The minimum absolute atomic E-state index is 0.378. The van der Waals surface area contributed by atoms with Gasteiger partial charge < -0.3 is 9.84 Å². The highest BCUT2D eigenvalue weighted by Crippen LogP contribution is 2.33. The number of hydrogen-bond donors (Lipinski definition) is 1. The number of aromatic nitrogens is 2. The molecule has 5 heteroatoms. The fourth-order valence-electron chi connectivity index (χ4n) is 2.99. The van der Waals surface area contributed by atoms with E-state index in [4.69, 9.17) is 16.1 Å². The molecule has 0 bridgehead atoms. The van der Waals surface area contributed by atoms with Gasteiger partial charge in [0.1, 0.15) is 0 Å². The zero-order valence-electron chi connectivity index (χ0n) is 12.2. The van der Waals surface area contributed by atoms with E-state index in [0.717, 1.165) is 30.8 Å². The largest absolute Gasteiger partial charge is 0.339 e. The molecule has 21 heavy (non-hydrogen) atoms. The minimum Gasteiger partial charge on any atom is -0.339 e. The number of nitrogens with one attached hydrogen (secondary N) is 1. The number of halogens is 1. The number of rotatable bonds is 4. The highest BCUT2D eigenvalue weighted by atomic mass is 35.5. The summed E-state index contributed by atoms with van der Waals surface area (Å²) in [5, 5.41) is 8.26. The maximum absolute atomic E-state index is 6.18. The molecule has 2 aromatic rings. The van der Waals surface area contributed by atoms with Gasteiger partial charge in [-0.15, -0.1) is 0 Å². The third-order valence-electron chi connectivity index (χ3n) is 4.13. The molecule has 0 unspecified atom stereocenters. The Bertz CT molecular complexity index is 591. The van der Waals surface area contributed by atoms with Crippen LogP contribution in [-0.2, 0) is 0 Å². The van der Waals surface area contributed by atoms with Crippen LogP contribution in [0.1, 0.15) is 44.4 Å². The average Bonchev–Trinajstić information content (AvgIpc) is 2.98. The van der Waals surface area contributed by atoms with Crippen molar-refractivity contribution in [2.45, 2.75) is 44.6 Å². The lowest BCUT2D eigenvalue weighted by atomic mass is 9.86. The van der Waals surface area contributed by atoms with Crippen molar-refractivity contribution in [1.29, 1.82) is 0 Å². The third kappa shape index (κ3) is 3.27. The molecule has 3 rings (SSSR count). The molecule has 1 saturated carbocycles. The van der Waals surface area contributed by atoms with Crippen LogP contribution in [0.4, 0.5) is 0 Å². The van der Waals surface area contributed by atoms with Gasteiger partial charge in [0.25, 0.3) is 0 Å². The molecule has 1 aromatic heterocycles. The van der Waals surface area contributed by atoms with Crippen molar-refractivity contribution in [3.05, 3.63) is 35.2 Å². The average molecular weight is 306 g/mol. The van der Waals surface area contributed by atoms with Gasteiger partial charge in [0.15, 0.2) is 0 Å². The SMILES string of the molecule is CCNC1CCC(c2nc(-c3ccccc3Cl)no2)CC1. The fraction of sp³-hybridized carbons (Fsp3) is 0.500. The smallest absolute Gasteiger partial charge is 0.230 e. The summed E-state index contributed by atoms with van der Waals surface area (Å²) in [6.07, 6.45) is 4.54. The fourth-order valence-corrected chi connectivity index (χ4v) is 3.21. The Morgan fingerprint density at radius 3 is 2.71 bits per heavy atom. The lowest BCUT2D eigenvalue weighted by molar-refractivity contribution is 0.285. The number of benzene rings is 1. The van der Waals surface area contributed by atoms with Crippen LogP contribution in [0.15, 0.2) is 28.8 Å². The Labute approximate surface area is 129 Å². The van der Waals surface area contributed by atoms with Gasteiger partial charge in [-0.05, 0) is 44.4 Å². The van der Waals surface area contributed by atoms with Crippen molar-refractivity contribution in [2.75, 3.05) is 6.54 Å². The van der Waals surface area contributed by atoms with Gasteiger partial charge in [-0.3, -0.25) is 0 Å². The Hall–Kier alpha value is -1.39. The molecular formula is C16H20ClN3O. The van der Waals surface area contributed by atoms with E-state index in [-0.39, 0.29) is 0 Å². The Morgan fingerprint density at radius 1 is 1.24 bits per heavy atom. The van der Waals surface area contributed by atoms with Gasteiger partial charge in [0.05, 0.1) is 5.02 Å². The molecule has 1 fully saturated rings. The first kappa shape index (κ1) is 14.5. The summed E-state index contributed by atoms with van der Waals surface area (Å²) in [6, 6.07) is 8.22. The van der Waals surface area contributed by atoms with Gasteiger partial charge >= 0.3 is 0 Å². The molecule has 0 spiro atoms. The van der Waals surface area contributed by atoms with E-state index in [1.54, 1.807) is 0 Å². The summed E-state index contributed by atoms with van der Waals surface area (Å²) in [5.41, 5.74) is 0.829. The first-order valence-corrected chi connectivity index (χ1v) is 7.97. The molecule has 1 N–H and O–H groups in total. The summed E-state index contributed by atoms with van der Waals surface area (Å²) in [4.78, 5) is 4.55. The molecule has 0 radical (unpaired) electrons. The van der Waals surface area contributed by atoms with Gasteiger partial charge in [0.2, 0.25) is 11.7 Å². The molecule has 1 aliphatic carbocycles. The van der Waals surface area contributed by atoms with Crippen LogP contribution < -0.4 is 5.32 Å². The van der Waals surface area contributed by atoms with Crippen LogP contribution in [0.25, 0.3) is 11.4 Å². The lowest BCUT2D eigenvalue weighted by Gasteiger charge is -2.26. The van der Waals surface area contributed by atoms with Crippen molar-refractivity contribution in [3.63, 3.8) is 0 Å². The molecule has 1 aliphatic rings. The standard InChI is InChI=1S/C16H20ClN3O/c1-2-18-12-9-7-11(8-10-12)16-19-15(20-21-16)13-5-3-4-6-14(13)17/h3-6,11-12,18H,2,7-10H2,1H3. The van der Waals surface area contributed by atoms with Crippen molar-refractivity contribution in [2.24, 2.45) is 0 Å². The maximum Gasteiger partial charge on any atom is 0.230 e. The zero-order chi connectivity index (χ0) is 14.7. The molecule has 0 saturated heterocycles. The van der Waals surface area contributed by atoms with Crippen LogP contribution >= 0.6 is 11.6 Å². The predicted octanol–water partition coefficient (Wildman–Crippen LogP) is 4.03. The van der Waals surface area contributed by atoms with E-state index in [1.807, 2.05) is 24.3 Å². The molecule has 0 aliphatic heterocycles. The highest BCUT2D eigenvalue weighted by molar-refractivity contribution is 6.33. The quantitative estimate of drug-likeness (QED) is 0.926. The van der Waals surface area contributed by atoms with Crippen LogP contribution in [0.3, 0.4) is 0 Å². The van der Waals surface area contributed by atoms with Crippen molar-refractivity contribution >= 4 is 11.6 Å². The molecule has 0 amide bonds. The summed E-state index contributed by atoms with van der Waals surface area (Å²) in [7, 11) is 0. The zero-order valence-corrected chi connectivity index (χ0v) is 12.9. The lowest BCUT2D eigenvalue weighted by Crippen LogP contribution is -2.32. The highest BCUT2D eigenvalue weighted by Gasteiger charge is 2.26. The maximum atomic E-state index is 6.18. The molecule has 4 nitrogen and oxygen atoms in total. The van der Waals surface area contributed by atoms with Crippen LogP contribution in [0.2, 0.25) is 5.02 Å². The molecule has 1 heterocycles. The van der Waals surface area contributed by atoms with Crippen LogP contribution in [0, 0.1) is 0 Å². The van der Waals surface area contributed by atoms with Gasteiger partial charge in [0, 0.05) is 17.5 Å². The van der Waals surface area contributed by atoms with E-state index < -0.39 is 0 Å². The number of hydrogen-bond acceptors (Lipinski definition) is 4. The van der Waals surface area contributed by atoms with E-state index in [2.05, 4.69) is 22.4 Å². The van der Waals surface area contributed by atoms with Crippen molar-refractivity contribution in [3.8, 4) is 11.4 Å². The topological polar surface area (TPSA) is 51.0 Å². The Morgan fingerprint density at radius 2 is 2.00 bits per heavy atom. The summed E-state index contributed by atoms with van der Waals surface area (Å²) in [6.45, 7) is 3.19. The molecular weight excluding hydrogens is 286 g/mol. The van der Waals surface area contributed by atoms with Crippen LogP contribution in [-0.4, -0.2) is 22.7 Å². The summed E-state index contributed by atoms with van der Waals surface area (Å²) >= 11 is 6.18. The monoisotopic (exact) mass is 305 g/mol. The summed E-state index contributed by atoms with van der Waals surface area (Å²) in [5.74, 6) is 1.72. The molecule has 112 valence electrons. The summed E-state index contributed by atoms with van der Waals surface area (Å²) < 4.78 is 5.47.